The van der Waals surface area contributed by atoms with Gasteiger partial charge in [-0.05, 0) is 24.5 Å². The van der Waals surface area contributed by atoms with Gasteiger partial charge in [-0.1, -0.05) is 48.5 Å². The highest BCUT2D eigenvalue weighted by Gasteiger charge is 2.43. The molecule has 2 aliphatic heterocycles. The van der Waals surface area contributed by atoms with Gasteiger partial charge in [-0.25, -0.2) is 8.42 Å². The fourth-order valence-electron chi connectivity index (χ4n) is 3.77. The van der Waals surface area contributed by atoms with E-state index in [0.29, 0.717) is 37.8 Å². The van der Waals surface area contributed by atoms with Crippen molar-refractivity contribution in [2.24, 2.45) is 0 Å². The smallest absolute Gasteiger partial charge is 0.243 e. The van der Waals surface area contributed by atoms with Crippen LogP contribution in [0, 0.1) is 0 Å². The summed E-state index contributed by atoms with van der Waals surface area (Å²) in [7, 11) is -3.62. The van der Waals surface area contributed by atoms with Gasteiger partial charge >= 0.3 is 0 Å². The number of nitrogens with zero attached hydrogens (tertiary/aromatic N) is 1. The zero-order chi connectivity index (χ0) is 18.0. The van der Waals surface area contributed by atoms with Gasteiger partial charge in [0.1, 0.15) is 5.60 Å². The van der Waals surface area contributed by atoms with E-state index in [1.165, 1.54) is 0 Å². The van der Waals surface area contributed by atoms with Crippen molar-refractivity contribution in [2.45, 2.75) is 23.3 Å². The minimum absolute atomic E-state index is 0.346. The maximum absolute atomic E-state index is 13.4. The Kier molecular flexibility index (Phi) is 4.84. The van der Waals surface area contributed by atoms with Crippen molar-refractivity contribution in [3.05, 3.63) is 54.6 Å². The minimum Gasteiger partial charge on any atom is -0.378 e. The largest absolute Gasteiger partial charge is 0.378 e. The molecule has 2 aromatic rings. The van der Waals surface area contributed by atoms with Crippen molar-refractivity contribution < 1.29 is 17.9 Å². The molecule has 138 valence electrons. The van der Waals surface area contributed by atoms with Crippen LogP contribution in [-0.2, 0) is 19.5 Å². The number of benzene rings is 2. The van der Waals surface area contributed by atoms with Gasteiger partial charge in [-0.3, -0.25) is 0 Å². The minimum atomic E-state index is -3.62. The van der Waals surface area contributed by atoms with Gasteiger partial charge in [0.2, 0.25) is 10.0 Å². The molecule has 1 atom stereocenters. The molecule has 2 saturated heterocycles. The summed E-state index contributed by atoms with van der Waals surface area (Å²) in [5.41, 5.74) is 1.12. The van der Waals surface area contributed by atoms with Crippen LogP contribution in [0.4, 0.5) is 0 Å². The maximum atomic E-state index is 13.4. The highest BCUT2D eigenvalue weighted by Crippen LogP contribution is 2.33. The van der Waals surface area contributed by atoms with Gasteiger partial charge in [-0.2, -0.15) is 4.31 Å². The lowest BCUT2D eigenvalue weighted by Crippen LogP contribution is -2.57. The first-order valence-corrected chi connectivity index (χ1v) is 10.4. The molecule has 5 nitrogen and oxygen atoms in total. The van der Waals surface area contributed by atoms with Crippen molar-refractivity contribution in [3.63, 3.8) is 0 Å². The summed E-state index contributed by atoms with van der Waals surface area (Å²) in [6.45, 7) is 2.29. The Morgan fingerprint density at radius 3 is 2.50 bits per heavy atom. The Morgan fingerprint density at radius 1 is 0.962 bits per heavy atom. The number of hydrogen-bond acceptors (Lipinski definition) is 4. The Labute approximate surface area is 154 Å². The van der Waals surface area contributed by atoms with Crippen LogP contribution >= 0.6 is 0 Å². The molecule has 0 saturated carbocycles. The van der Waals surface area contributed by atoms with E-state index in [4.69, 9.17) is 9.47 Å². The lowest BCUT2D eigenvalue weighted by molar-refractivity contribution is -0.155. The Balaban J connectivity index is 1.69. The summed E-state index contributed by atoms with van der Waals surface area (Å²) in [6.07, 6.45) is 1.73. The monoisotopic (exact) mass is 373 g/mol. The number of morpholine rings is 1. The number of hydrogen-bond donors (Lipinski definition) is 0. The highest BCUT2D eigenvalue weighted by molar-refractivity contribution is 7.89. The normalized spacial score (nSPS) is 24.6. The lowest BCUT2D eigenvalue weighted by atomic mass is 9.95. The summed E-state index contributed by atoms with van der Waals surface area (Å²) in [4.78, 5) is 0.347. The molecule has 0 N–H and O–H groups in total. The SMILES string of the molecule is O=S(=O)(c1ccccc1-c1ccccc1)N1CCOC2(CCCOC2)C1. The average Bonchev–Trinajstić information content (AvgIpc) is 2.69. The topological polar surface area (TPSA) is 55.8 Å². The third kappa shape index (κ3) is 3.30. The molecule has 2 aliphatic rings. The van der Waals surface area contributed by atoms with E-state index in [2.05, 4.69) is 0 Å². The first kappa shape index (κ1) is 17.7. The first-order valence-electron chi connectivity index (χ1n) is 8.97. The van der Waals surface area contributed by atoms with Crippen LogP contribution in [0.3, 0.4) is 0 Å². The summed E-state index contributed by atoms with van der Waals surface area (Å²) in [5, 5.41) is 0. The van der Waals surface area contributed by atoms with Crippen molar-refractivity contribution in [3.8, 4) is 11.1 Å². The molecule has 26 heavy (non-hydrogen) atoms. The molecule has 1 spiro atoms. The van der Waals surface area contributed by atoms with Crippen LogP contribution in [0.5, 0.6) is 0 Å². The number of rotatable bonds is 3. The zero-order valence-electron chi connectivity index (χ0n) is 14.6. The summed E-state index contributed by atoms with van der Waals surface area (Å²) in [5.74, 6) is 0. The molecule has 0 aromatic heterocycles. The third-order valence-electron chi connectivity index (χ3n) is 5.09. The highest BCUT2D eigenvalue weighted by atomic mass is 32.2. The van der Waals surface area contributed by atoms with Crippen LogP contribution in [0.15, 0.2) is 59.5 Å². The summed E-state index contributed by atoms with van der Waals surface area (Å²) in [6, 6.07) is 16.8. The van der Waals surface area contributed by atoms with E-state index >= 15 is 0 Å². The van der Waals surface area contributed by atoms with E-state index in [1.807, 2.05) is 42.5 Å². The third-order valence-corrected chi connectivity index (χ3v) is 6.99. The van der Waals surface area contributed by atoms with E-state index in [1.54, 1.807) is 16.4 Å². The summed E-state index contributed by atoms with van der Waals surface area (Å²) >= 11 is 0. The molecule has 0 amide bonds. The van der Waals surface area contributed by atoms with E-state index < -0.39 is 15.6 Å². The van der Waals surface area contributed by atoms with E-state index in [9.17, 15) is 8.42 Å². The second-order valence-corrected chi connectivity index (χ2v) is 8.79. The Hall–Kier alpha value is -1.73. The molecule has 2 heterocycles. The fraction of sp³-hybridized carbons (Fsp3) is 0.400. The van der Waals surface area contributed by atoms with Gasteiger partial charge in [-0.15, -0.1) is 0 Å². The summed E-state index contributed by atoms with van der Waals surface area (Å²) < 4.78 is 40.0. The molecule has 4 rings (SSSR count). The van der Waals surface area contributed by atoms with Gasteiger partial charge in [0.15, 0.2) is 0 Å². The lowest BCUT2D eigenvalue weighted by Gasteiger charge is -2.44. The zero-order valence-corrected chi connectivity index (χ0v) is 15.5. The quantitative estimate of drug-likeness (QED) is 0.830. The van der Waals surface area contributed by atoms with Crippen LogP contribution < -0.4 is 0 Å². The predicted molar refractivity (Wildman–Crippen MR) is 99.4 cm³/mol. The van der Waals surface area contributed by atoms with Crippen molar-refractivity contribution in [2.75, 3.05) is 32.9 Å². The van der Waals surface area contributed by atoms with Crippen LogP contribution in [0.25, 0.3) is 11.1 Å². The molecule has 2 aromatic carbocycles. The van der Waals surface area contributed by atoms with Crippen LogP contribution in [0.2, 0.25) is 0 Å². The maximum Gasteiger partial charge on any atom is 0.243 e. The molecular formula is C20H23NO4S. The van der Waals surface area contributed by atoms with Gasteiger partial charge in [0, 0.05) is 25.3 Å². The van der Waals surface area contributed by atoms with E-state index in [-0.39, 0.29) is 0 Å². The van der Waals surface area contributed by atoms with Crippen molar-refractivity contribution >= 4 is 10.0 Å². The van der Waals surface area contributed by atoms with Gasteiger partial charge < -0.3 is 9.47 Å². The molecule has 1 unspecified atom stereocenters. The predicted octanol–water partition coefficient (Wildman–Crippen LogP) is 2.92. The molecular weight excluding hydrogens is 350 g/mol. The Morgan fingerprint density at radius 2 is 1.73 bits per heavy atom. The van der Waals surface area contributed by atoms with Gasteiger partial charge in [0.25, 0.3) is 0 Å². The second-order valence-electron chi connectivity index (χ2n) is 6.89. The molecule has 0 aliphatic carbocycles. The van der Waals surface area contributed by atoms with Crippen LogP contribution in [-0.4, -0.2) is 51.2 Å². The number of ether oxygens (including phenoxy) is 2. The molecule has 0 radical (unpaired) electrons. The van der Waals surface area contributed by atoms with Gasteiger partial charge in [0.05, 0.1) is 18.1 Å². The van der Waals surface area contributed by atoms with E-state index in [0.717, 1.165) is 24.0 Å². The number of sulfonamides is 1. The van der Waals surface area contributed by atoms with Crippen molar-refractivity contribution in [1.29, 1.82) is 0 Å². The van der Waals surface area contributed by atoms with Crippen molar-refractivity contribution in [1.82, 2.24) is 4.31 Å². The Bertz CT molecular complexity index is 855. The standard InChI is InChI=1S/C20H23NO4S/c22-26(23,21-12-14-25-20(15-21)11-6-13-24-16-20)19-10-5-4-9-18(19)17-7-2-1-3-8-17/h1-5,7-10H,6,11-16H2. The molecule has 2 fully saturated rings. The fourth-order valence-corrected chi connectivity index (χ4v) is 5.48. The molecule has 0 bridgehead atoms. The molecule has 6 heteroatoms. The first-order chi connectivity index (χ1) is 12.6. The van der Waals surface area contributed by atoms with Crippen LogP contribution in [0.1, 0.15) is 12.8 Å². The average molecular weight is 373 g/mol. The second kappa shape index (κ2) is 7.12.